The van der Waals surface area contributed by atoms with Crippen LogP contribution in [0.15, 0.2) is 18.2 Å². The number of nitrogens with zero attached hydrogens (tertiary/aromatic N) is 2. The van der Waals surface area contributed by atoms with Gasteiger partial charge < -0.3 is 5.73 Å². The van der Waals surface area contributed by atoms with E-state index < -0.39 is 6.03 Å². The highest BCUT2D eigenvalue weighted by atomic mass is 16.2. The lowest BCUT2D eigenvalue weighted by atomic mass is 10.3. The van der Waals surface area contributed by atoms with Crippen LogP contribution in [0.25, 0.3) is 0 Å². The lowest BCUT2D eigenvalue weighted by Gasteiger charge is -2.25. The Hall–Kier alpha value is -1.95. The van der Waals surface area contributed by atoms with Crippen molar-refractivity contribution in [1.29, 1.82) is 0 Å². The molecule has 1 aromatic rings. The highest BCUT2D eigenvalue weighted by Crippen LogP contribution is 2.14. The molecular weight excluding hydrogens is 208 g/mol. The summed E-state index contributed by atoms with van der Waals surface area (Å²) in [6.45, 7) is 0.675. The van der Waals surface area contributed by atoms with Crippen LogP contribution < -0.4 is 16.0 Å². The topological polar surface area (TPSA) is 88.3 Å². The number of rotatable bonds is 2. The largest absolute Gasteiger partial charge is 0.329 e. The second kappa shape index (κ2) is 4.28. The van der Waals surface area contributed by atoms with Crippen molar-refractivity contribution in [2.24, 2.45) is 5.73 Å². The number of urea groups is 1. The van der Waals surface area contributed by atoms with Gasteiger partial charge in [-0.25, -0.2) is 9.78 Å². The van der Waals surface area contributed by atoms with Gasteiger partial charge in [0.15, 0.2) is 0 Å². The van der Waals surface area contributed by atoms with Gasteiger partial charge in [0, 0.05) is 19.5 Å². The standard InChI is InChI=1S/C10H12N4O2/c11-6-7-2-1-3-8(12-7)14-5-4-9(15)13-10(14)16/h1-3H,4-6,11H2,(H,13,15,16). The summed E-state index contributed by atoms with van der Waals surface area (Å²) in [5, 5.41) is 2.24. The van der Waals surface area contributed by atoms with Gasteiger partial charge in [0.1, 0.15) is 5.82 Å². The average molecular weight is 220 g/mol. The number of carbonyl (C=O) groups excluding carboxylic acids is 2. The second-order valence-electron chi connectivity index (χ2n) is 3.45. The van der Waals surface area contributed by atoms with Gasteiger partial charge in [-0.1, -0.05) is 6.07 Å². The minimum atomic E-state index is -0.432. The molecule has 0 unspecified atom stereocenters. The number of nitrogens with one attached hydrogen (secondary N) is 1. The van der Waals surface area contributed by atoms with E-state index in [0.29, 0.717) is 31.0 Å². The maximum absolute atomic E-state index is 11.5. The van der Waals surface area contributed by atoms with E-state index in [1.54, 1.807) is 18.2 Å². The lowest BCUT2D eigenvalue weighted by molar-refractivity contribution is -0.120. The average Bonchev–Trinajstić information content (AvgIpc) is 2.29. The van der Waals surface area contributed by atoms with E-state index in [-0.39, 0.29) is 5.91 Å². The Kier molecular flexibility index (Phi) is 2.82. The monoisotopic (exact) mass is 220 g/mol. The van der Waals surface area contributed by atoms with E-state index in [9.17, 15) is 9.59 Å². The van der Waals surface area contributed by atoms with Gasteiger partial charge in [-0.05, 0) is 12.1 Å². The summed E-state index contributed by atoms with van der Waals surface area (Å²) in [4.78, 5) is 28.2. The zero-order valence-electron chi connectivity index (χ0n) is 8.64. The van der Waals surface area contributed by atoms with Gasteiger partial charge in [0.25, 0.3) is 0 Å². The van der Waals surface area contributed by atoms with Gasteiger partial charge in [-0.15, -0.1) is 0 Å². The Labute approximate surface area is 92.4 Å². The molecule has 0 bridgehead atoms. The van der Waals surface area contributed by atoms with Crippen LogP contribution in [0.5, 0.6) is 0 Å². The third kappa shape index (κ3) is 2.01. The van der Waals surface area contributed by atoms with Crippen molar-refractivity contribution in [3.8, 4) is 0 Å². The van der Waals surface area contributed by atoms with Crippen molar-refractivity contribution in [2.75, 3.05) is 11.4 Å². The molecule has 1 aromatic heterocycles. The molecule has 0 spiro atoms. The number of imide groups is 1. The highest BCUT2D eigenvalue weighted by Gasteiger charge is 2.24. The molecule has 2 heterocycles. The summed E-state index contributed by atoms with van der Waals surface area (Å²) in [6, 6.07) is 4.86. The predicted molar refractivity (Wildman–Crippen MR) is 57.6 cm³/mol. The summed E-state index contributed by atoms with van der Waals surface area (Å²) < 4.78 is 0. The van der Waals surface area contributed by atoms with Crippen LogP contribution in [0.3, 0.4) is 0 Å². The van der Waals surface area contributed by atoms with E-state index in [1.165, 1.54) is 4.90 Å². The number of hydrogen-bond acceptors (Lipinski definition) is 4. The molecule has 0 saturated carbocycles. The molecule has 0 aromatic carbocycles. The molecule has 2 rings (SSSR count). The maximum atomic E-state index is 11.5. The first-order valence-electron chi connectivity index (χ1n) is 4.98. The van der Waals surface area contributed by atoms with Crippen molar-refractivity contribution in [1.82, 2.24) is 10.3 Å². The number of carbonyl (C=O) groups is 2. The van der Waals surface area contributed by atoms with Gasteiger partial charge in [-0.2, -0.15) is 0 Å². The summed E-state index contributed by atoms with van der Waals surface area (Å²) in [7, 11) is 0. The van der Waals surface area contributed by atoms with Crippen LogP contribution in [0, 0.1) is 0 Å². The van der Waals surface area contributed by atoms with Crippen molar-refractivity contribution in [3.63, 3.8) is 0 Å². The maximum Gasteiger partial charge on any atom is 0.329 e. The van der Waals surface area contributed by atoms with E-state index in [1.807, 2.05) is 0 Å². The smallest absolute Gasteiger partial charge is 0.325 e. The number of hydrogen-bond donors (Lipinski definition) is 2. The molecule has 1 aliphatic rings. The Balaban J connectivity index is 2.23. The Morgan fingerprint density at radius 1 is 1.44 bits per heavy atom. The molecule has 0 aliphatic carbocycles. The Bertz CT molecular complexity index is 433. The normalized spacial score (nSPS) is 16.2. The van der Waals surface area contributed by atoms with Crippen LogP contribution in [-0.4, -0.2) is 23.5 Å². The van der Waals surface area contributed by atoms with Gasteiger partial charge in [0.05, 0.1) is 5.69 Å². The Morgan fingerprint density at radius 2 is 2.25 bits per heavy atom. The molecule has 3 amide bonds. The molecule has 6 heteroatoms. The van der Waals surface area contributed by atoms with E-state index in [0.717, 1.165) is 0 Å². The Morgan fingerprint density at radius 3 is 2.94 bits per heavy atom. The molecule has 6 nitrogen and oxygen atoms in total. The first kappa shape index (κ1) is 10.6. The summed E-state index contributed by atoms with van der Waals surface area (Å²) in [6.07, 6.45) is 0.292. The fourth-order valence-corrected chi connectivity index (χ4v) is 1.51. The SMILES string of the molecule is NCc1cccc(N2CCC(=O)NC2=O)n1. The minimum Gasteiger partial charge on any atom is -0.325 e. The third-order valence-corrected chi connectivity index (χ3v) is 2.33. The van der Waals surface area contributed by atoms with Crippen LogP contribution in [0.4, 0.5) is 10.6 Å². The zero-order valence-corrected chi connectivity index (χ0v) is 8.64. The highest BCUT2D eigenvalue weighted by molar-refractivity contribution is 6.05. The summed E-state index contributed by atoms with van der Waals surface area (Å²) in [5.74, 6) is 0.268. The second-order valence-corrected chi connectivity index (χ2v) is 3.45. The zero-order chi connectivity index (χ0) is 11.5. The van der Waals surface area contributed by atoms with Crippen LogP contribution >= 0.6 is 0 Å². The third-order valence-electron chi connectivity index (χ3n) is 2.33. The molecule has 0 radical (unpaired) electrons. The van der Waals surface area contributed by atoms with Gasteiger partial charge >= 0.3 is 6.03 Å². The number of nitrogens with two attached hydrogens (primary N) is 1. The fourth-order valence-electron chi connectivity index (χ4n) is 1.51. The summed E-state index contributed by atoms with van der Waals surface area (Å²) in [5.41, 5.74) is 6.18. The first-order valence-corrected chi connectivity index (χ1v) is 4.98. The van der Waals surface area contributed by atoms with Crippen molar-refractivity contribution in [2.45, 2.75) is 13.0 Å². The predicted octanol–water partition coefficient (Wildman–Crippen LogP) is -0.0134. The van der Waals surface area contributed by atoms with Crippen molar-refractivity contribution < 1.29 is 9.59 Å². The molecule has 1 fully saturated rings. The number of anilines is 1. The molecule has 84 valence electrons. The quantitative estimate of drug-likeness (QED) is 0.733. The van der Waals surface area contributed by atoms with Crippen molar-refractivity contribution >= 4 is 17.8 Å². The number of aromatic nitrogens is 1. The van der Waals surface area contributed by atoms with E-state index in [2.05, 4.69) is 10.3 Å². The van der Waals surface area contributed by atoms with Crippen LogP contribution in [-0.2, 0) is 11.3 Å². The minimum absolute atomic E-state index is 0.253. The number of amides is 3. The van der Waals surface area contributed by atoms with Gasteiger partial charge in [0.2, 0.25) is 5.91 Å². The first-order chi connectivity index (χ1) is 7.70. The van der Waals surface area contributed by atoms with Crippen molar-refractivity contribution in [3.05, 3.63) is 23.9 Å². The lowest BCUT2D eigenvalue weighted by Crippen LogP contribution is -2.49. The van der Waals surface area contributed by atoms with Crippen LogP contribution in [0.2, 0.25) is 0 Å². The molecule has 16 heavy (non-hydrogen) atoms. The molecular formula is C10H12N4O2. The number of pyridine rings is 1. The van der Waals surface area contributed by atoms with E-state index in [4.69, 9.17) is 5.73 Å². The summed E-state index contributed by atoms with van der Waals surface area (Å²) >= 11 is 0. The van der Waals surface area contributed by atoms with E-state index >= 15 is 0 Å². The molecule has 0 atom stereocenters. The molecule has 3 N–H and O–H groups in total. The van der Waals surface area contributed by atoms with Crippen LogP contribution in [0.1, 0.15) is 12.1 Å². The fraction of sp³-hybridized carbons (Fsp3) is 0.300. The van der Waals surface area contributed by atoms with Gasteiger partial charge in [-0.3, -0.25) is 15.0 Å². The molecule has 1 aliphatic heterocycles. The molecule has 1 saturated heterocycles.